The molecule has 0 aromatic heterocycles. The van der Waals surface area contributed by atoms with Gasteiger partial charge in [0.25, 0.3) is 0 Å². The van der Waals surface area contributed by atoms with Crippen LogP contribution in [0, 0.1) is 0 Å². The third-order valence-corrected chi connectivity index (χ3v) is 2.44. The fourth-order valence-corrected chi connectivity index (χ4v) is 1.60. The molecule has 0 amide bonds. The van der Waals surface area contributed by atoms with E-state index in [4.69, 9.17) is 15.2 Å². The van der Waals surface area contributed by atoms with Crippen molar-refractivity contribution >= 4 is 12.4 Å². The molecule has 0 aliphatic rings. The Labute approximate surface area is 103 Å². The summed E-state index contributed by atoms with van der Waals surface area (Å²) in [5, 5.41) is 0. The van der Waals surface area contributed by atoms with Crippen LogP contribution in [0.4, 0.5) is 0 Å². The summed E-state index contributed by atoms with van der Waals surface area (Å²) in [5.41, 5.74) is 7.08. The standard InChI is InChI=1S/C12H19NO2.ClH/c1-4-5-11(13)10-8-9(14-2)6-7-12(10)15-3;/h6-8,11H,4-5,13H2,1-3H3;1H/t11-;/m0./s1. The molecule has 2 N–H and O–H groups in total. The lowest BCUT2D eigenvalue weighted by atomic mass is 10.0. The highest BCUT2D eigenvalue weighted by Crippen LogP contribution is 2.30. The molecule has 0 heterocycles. The summed E-state index contributed by atoms with van der Waals surface area (Å²) in [4.78, 5) is 0. The van der Waals surface area contributed by atoms with Gasteiger partial charge in [0.05, 0.1) is 14.2 Å². The van der Waals surface area contributed by atoms with Crippen LogP contribution in [0.5, 0.6) is 11.5 Å². The van der Waals surface area contributed by atoms with Gasteiger partial charge in [0.2, 0.25) is 0 Å². The number of nitrogens with two attached hydrogens (primary N) is 1. The zero-order valence-electron chi connectivity index (χ0n) is 10.0. The summed E-state index contributed by atoms with van der Waals surface area (Å²) >= 11 is 0. The predicted molar refractivity (Wildman–Crippen MR) is 68.6 cm³/mol. The number of hydrogen-bond donors (Lipinski definition) is 1. The maximum Gasteiger partial charge on any atom is 0.123 e. The van der Waals surface area contributed by atoms with Crippen LogP contribution >= 0.6 is 12.4 Å². The van der Waals surface area contributed by atoms with Gasteiger partial charge in [-0.2, -0.15) is 0 Å². The van der Waals surface area contributed by atoms with Gasteiger partial charge in [-0.15, -0.1) is 12.4 Å². The third kappa shape index (κ3) is 3.58. The number of ether oxygens (including phenoxy) is 2. The van der Waals surface area contributed by atoms with E-state index in [-0.39, 0.29) is 18.4 Å². The van der Waals surface area contributed by atoms with Gasteiger partial charge in [-0.1, -0.05) is 13.3 Å². The van der Waals surface area contributed by atoms with Crippen LogP contribution in [0.1, 0.15) is 31.4 Å². The average molecular weight is 246 g/mol. The Kier molecular flexibility index (Phi) is 6.93. The normalized spacial score (nSPS) is 11.5. The van der Waals surface area contributed by atoms with E-state index in [1.54, 1.807) is 14.2 Å². The zero-order valence-corrected chi connectivity index (χ0v) is 10.8. The minimum atomic E-state index is 0. The summed E-state index contributed by atoms with van der Waals surface area (Å²) in [7, 11) is 3.31. The van der Waals surface area contributed by atoms with E-state index in [0.29, 0.717) is 0 Å². The molecule has 1 aromatic carbocycles. The SMILES string of the molecule is CCC[C@H](N)c1cc(OC)ccc1OC.Cl. The predicted octanol–water partition coefficient (Wildman–Crippen LogP) is 2.93. The second-order valence-corrected chi connectivity index (χ2v) is 3.50. The van der Waals surface area contributed by atoms with Crippen LogP contribution < -0.4 is 15.2 Å². The van der Waals surface area contributed by atoms with E-state index in [9.17, 15) is 0 Å². The van der Waals surface area contributed by atoms with Gasteiger partial charge in [-0.05, 0) is 24.6 Å². The Morgan fingerprint density at radius 3 is 2.44 bits per heavy atom. The highest BCUT2D eigenvalue weighted by atomic mass is 35.5. The molecular weight excluding hydrogens is 226 g/mol. The van der Waals surface area contributed by atoms with Gasteiger partial charge in [-0.3, -0.25) is 0 Å². The molecule has 1 aromatic rings. The largest absolute Gasteiger partial charge is 0.497 e. The Morgan fingerprint density at radius 2 is 1.94 bits per heavy atom. The molecule has 3 nitrogen and oxygen atoms in total. The molecule has 1 atom stereocenters. The molecule has 0 spiro atoms. The number of halogens is 1. The van der Waals surface area contributed by atoms with Crippen molar-refractivity contribution in [3.05, 3.63) is 23.8 Å². The van der Waals surface area contributed by atoms with Crippen LogP contribution in [0.2, 0.25) is 0 Å². The highest BCUT2D eigenvalue weighted by Gasteiger charge is 2.12. The first-order valence-corrected chi connectivity index (χ1v) is 5.20. The van der Waals surface area contributed by atoms with E-state index in [1.165, 1.54) is 0 Å². The van der Waals surface area contributed by atoms with Crippen molar-refractivity contribution in [3.8, 4) is 11.5 Å². The molecule has 92 valence electrons. The second kappa shape index (κ2) is 7.36. The van der Waals surface area contributed by atoms with Gasteiger partial charge in [0.15, 0.2) is 0 Å². The van der Waals surface area contributed by atoms with E-state index in [2.05, 4.69) is 6.92 Å². The first-order valence-electron chi connectivity index (χ1n) is 5.20. The van der Waals surface area contributed by atoms with Gasteiger partial charge in [0, 0.05) is 11.6 Å². The number of hydrogen-bond acceptors (Lipinski definition) is 3. The molecule has 0 saturated heterocycles. The monoisotopic (exact) mass is 245 g/mol. The van der Waals surface area contributed by atoms with E-state index in [1.807, 2.05) is 18.2 Å². The van der Waals surface area contributed by atoms with E-state index < -0.39 is 0 Å². The molecule has 0 fully saturated rings. The molecule has 0 bridgehead atoms. The summed E-state index contributed by atoms with van der Waals surface area (Å²) in [6, 6.07) is 5.73. The van der Waals surface area contributed by atoms with Crippen LogP contribution in [-0.4, -0.2) is 14.2 Å². The van der Waals surface area contributed by atoms with Crippen molar-refractivity contribution in [3.63, 3.8) is 0 Å². The van der Waals surface area contributed by atoms with E-state index >= 15 is 0 Å². The van der Waals surface area contributed by atoms with E-state index in [0.717, 1.165) is 29.9 Å². The minimum absolute atomic E-state index is 0. The quantitative estimate of drug-likeness (QED) is 0.868. The van der Waals surface area contributed by atoms with Gasteiger partial charge in [-0.25, -0.2) is 0 Å². The van der Waals surface area contributed by atoms with Crippen LogP contribution in [-0.2, 0) is 0 Å². The number of rotatable bonds is 5. The molecule has 1 rings (SSSR count). The molecular formula is C12H20ClNO2. The van der Waals surface area contributed by atoms with Crippen molar-refractivity contribution in [2.75, 3.05) is 14.2 Å². The lowest BCUT2D eigenvalue weighted by Gasteiger charge is -2.15. The number of benzene rings is 1. The zero-order chi connectivity index (χ0) is 11.3. The van der Waals surface area contributed by atoms with Gasteiger partial charge in [0.1, 0.15) is 11.5 Å². The molecule has 0 unspecified atom stereocenters. The van der Waals surface area contributed by atoms with Crippen LogP contribution in [0.25, 0.3) is 0 Å². The van der Waals surface area contributed by atoms with Crippen LogP contribution in [0.3, 0.4) is 0 Å². The summed E-state index contributed by atoms with van der Waals surface area (Å²) in [6.45, 7) is 2.12. The van der Waals surface area contributed by atoms with Crippen molar-refractivity contribution in [2.45, 2.75) is 25.8 Å². The molecule has 0 aliphatic carbocycles. The van der Waals surface area contributed by atoms with Crippen molar-refractivity contribution in [1.82, 2.24) is 0 Å². The summed E-state index contributed by atoms with van der Waals surface area (Å²) < 4.78 is 10.4. The fourth-order valence-electron chi connectivity index (χ4n) is 1.60. The Morgan fingerprint density at radius 1 is 1.25 bits per heavy atom. The van der Waals surface area contributed by atoms with Crippen LogP contribution in [0.15, 0.2) is 18.2 Å². The third-order valence-electron chi connectivity index (χ3n) is 2.44. The average Bonchev–Trinajstić information content (AvgIpc) is 2.28. The van der Waals surface area contributed by atoms with Crippen molar-refractivity contribution in [2.24, 2.45) is 5.73 Å². The van der Waals surface area contributed by atoms with Gasteiger partial charge < -0.3 is 15.2 Å². The van der Waals surface area contributed by atoms with Crippen molar-refractivity contribution < 1.29 is 9.47 Å². The maximum atomic E-state index is 6.07. The Hall–Kier alpha value is -0.930. The first kappa shape index (κ1) is 15.1. The van der Waals surface area contributed by atoms with Gasteiger partial charge >= 0.3 is 0 Å². The lowest BCUT2D eigenvalue weighted by molar-refractivity contribution is 0.394. The Bertz CT molecular complexity index is 318. The van der Waals surface area contributed by atoms with Crippen molar-refractivity contribution in [1.29, 1.82) is 0 Å². The highest BCUT2D eigenvalue weighted by molar-refractivity contribution is 5.85. The minimum Gasteiger partial charge on any atom is -0.497 e. The molecule has 4 heteroatoms. The fraction of sp³-hybridized carbons (Fsp3) is 0.500. The molecule has 0 aliphatic heterocycles. The smallest absolute Gasteiger partial charge is 0.123 e. The Balaban J connectivity index is 0.00000225. The maximum absolute atomic E-state index is 6.07. The number of methoxy groups -OCH3 is 2. The molecule has 0 saturated carbocycles. The lowest BCUT2D eigenvalue weighted by Crippen LogP contribution is -2.11. The summed E-state index contributed by atoms with van der Waals surface area (Å²) in [5.74, 6) is 1.65. The molecule has 0 radical (unpaired) electrons. The molecule has 16 heavy (non-hydrogen) atoms. The second-order valence-electron chi connectivity index (χ2n) is 3.50. The topological polar surface area (TPSA) is 44.5 Å². The first-order chi connectivity index (χ1) is 7.22. The summed E-state index contributed by atoms with van der Waals surface area (Å²) in [6.07, 6.45) is 2.01.